The van der Waals surface area contributed by atoms with Crippen molar-refractivity contribution in [1.29, 1.82) is 0 Å². The van der Waals surface area contributed by atoms with E-state index in [2.05, 4.69) is 16.6 Å². The molecule has 0 aromatic carbocycles. The highest BCUT2D eigenvalue weighted by molar-refractivity contribution is 5.75. The number of hydrogen-bond acceptors (Lipinski definition) is 2. The van der Waals surface area contributed by atoms with Gasteiger partial charge >= 0.3 is 12.0 Å². The van der Waals surface area contributed by atoms with E-state index in [-0.39, 0.29) is 18.5 Å². The molecule has 0 heterocycles. The van der Waals surface area contributed by atoms with Crippen LogP contribution in [0.4, 0.5) is 4.79 Å². The predicted octanol–water partition coefficient (Wildman–Crippen LogP) is 0.952. The summed E-state index contributed by atoms with van der Waals surface area (Å²) < 4.78 is 0. The smallest absolute Gasteiger partial charge is 0.315 e. The minimum atomic E-state index is -0.917. The van der Waals surface area contributed by atoms with Crippen LogP contribution in [0.5, 0.6) is 0 Å². The van der Waals surface area contributed by atoms with Gasteiger partial charge in [-0.1, -0.05) is 6.92 Å². The molecule has 0 rings (SSSR count). The molecule has 0 aliphatic rings. The normalized spacial score (nSPS) is 11.2. The maximum atomic E-state index is 11.3. The Bertz CT molecular complexity index is 271. The number of amides is 2. The Balaban J connectivity index is 3.75. The molecule has 3 N–H and O–H groups in total. The molecule has 1 atom stereocenters. The van der Waals surface area contributed by atoms with Crippen LogP contribution in [0.15, 0.2) is 0 Å². The minimum Gasteiger partial charge on any atom is -0.481 e. The molecule has 0 radical (unpaired) electrons. The SMILES string of the molecule is C#CCCCNC(=O)NC(CC)CC(=O)O. The molecule has 0 fully saturated rings. The third kappa shape index (κ3) is 7.68. The van der Waals surface area contributed by atoms with Crippen molar-refractivity contribution in [3.63, 3.8) is 0 Å². The number of unbranched alkanes of at least 4 members (excludes halogenated alkanes) is 1. The van der Waals surface area contributed by atoms with Gasteiger partial charge < -0.3 is 15.7 Å². The zero-order chi connectivity index (χ0) is 12.4. The number of carboxylic acids is 1. The lowest BCUT2D eigenvalue weighted by molar-refractivity contribution is -0.137. The fraction of sp³-hybridized carbons (Fsp3) is 0.636. The molecule has 0 aliphatic carbocycles. The molecule has 90 valence electrons. The van der Waals surface area contributed by atoms with Crippen LogP contribution in [0.25, 0.3) is 0 Å². The van der Waals surface area contributed by atoms with Gasteiger partial charge in [0.05, 0.1) is 6.42 Å². The van der Waals surface area contributed by atoms with E-state index in [0.717, 1.165) is 6.42 Å². The summed E-state index contributed by atoms with van der Waals surface area (Å²) in [6.45, 7) is 2.33. The summed E-state index contributed by atoms with van der Waals surface area (Å²) in [5.74, 6) is 1.55. The lowest BCUT2D eigenvalue weighted by Gasteiger charge is -2.15. The van der Waals surface area contributed by atoms with Gasteiger partial charge in [0.15, 0.2) is 0 Å². The summed E-state index contributed by atoms with van der Waals surface area (Å²) in [7, 11) is 0. The summed E-state index contributed by atoms with van der Waals surface area (Å²) in [6.07, 6.45) is 6.92. The molecule has 5 heteroatoms. The summed E-state index contributed by atoms with van der Waals surface area (Å²) in [6, 6.07) is -0.671. The van der Waals surface area contributed by atoms with E-state index in [4.69, 9.17) is 11.5 Å². The van der Waals surface area contributed by atoms with Crippen molar-refractivity contribution in [2.45, 2.75) is 38.6 Å². The number of aliphatic carboxylic acids is 1. The van der Waals surface area contributed by atoms with Gasteiger partial charge in [0.2, 0.25) is 0 Å². The molecule has 2 amide bonds. The van der Waals surface area contributed by atoms with Crippen LogP contribution < -0.4 is 10.6 Å². The maximum Gasteiger partial charge on any atom is 0.315 e. The number of carbonyl (C=O) groups excluding carboxylic acids is 1. The first-order valence-corrected chi connectivity index (χ1v) is 5.29. The molecule has 0 aromatic rings. The summed E-state index contributed by atoms with van der Waals surface area (Å²) in [4.78, 5) is 21.7. The van der Waals surface area contributed by atoms with Crippen molar-refractivity contribution in [3.8, 4) is 12.3 Å². The van der Waals surface area contributed by atoms with E-state index < -0.39 is 5.97 Å². The second-order valence-electron chi connectivity index (χ2n) is 3.41. The zero-order valence-electron chi connectivity index (χ0n) is 9.45. The lowest BCUT2D eigenvalue weighted by atomic mass is 10.1. The van der Waals surface area contributed by atoms with Gasteiger partial charge in [0.1, 0.15) is 0 Å². The Labute approximate surface area is 95.6 Å². The molecule has 0 aliphatic heterocycles. The van der Waals surface area contributed by atoms with Gasteiger partial charge in [0, 0.05) is 19.0 Å². The van der Waals surface area contributed by atoms with Crippen molar-refractivity contribution in [2.75, 3.05) is 6.54 Å². The highest BCUT2D eigenvalue weighted by Gasteiger charge is 2.13. The van der Waals surface area contributed by atoms with E-state index in [1.54, 1.807) is 0 Å². The Morgan fingerprint density at radius 2 is 2.19 bits per heavy atom. The molecule has 0 aromatic heterocycles. The molecular weight excluding hydrogens is 208 g/mol. The Morgan fingerprint density at radius 3 is 2.69 bits per heavy atom. The molecular formula is C11H18N2O3. The first-order valence-electron chi connectivity index (χ1n) is 5.29. The van der Waals surface area contributed by atoms with Crippen LogP contribution in [0, 0.1) is 12.3 Å². The third-order valence-corrected chi connectivity index (χ3v) is 2.03. The van der Waals surface area contributed by atoms with Crippen molar-refractivity contribution in [2.24, 2.45) is 0 Å². The van der Waals surface area contributed by atoms with Crippen molar-refractivity contribution in [3.05, 3.63) is 0 Å². The van der Waals surface area contributed by atoms with Gasteiger partial charge in [-0.3, -0.25) is 4.79 Å². The fourth-order valence-electron chi connectivity index (χ4n) is 1.14. The van der Waals surface area contributed by atoms with E-state index >= 15 is 0 Å². The molecule has 0 saturated carbocycles. The molecule has 5 nitrogen and oxygen atoms in total. The third-order valence-electron chi connectivity index (χ3n) is 2.03. The minimum absolute atomic E-state index is 0.0612. The zero-order valence-corrected chi connectivity index (χ0v) is 9.45. The molecule has 0 bridgehead atoms. The average Bonchev–Trinajstić information content (AvgIpc) is 2.23. The van der Waals surface area contributed by atoms with Crippen LogP contribution in [-0.2, 0) is 4.79 Å². The van der Waals surface area contributed by atoms with Gasteiger partial charge in [-0.25, -0.2) is 4.79 Å². The Hall–Kier alpha value is -1.70. The maximum absolute atomic E-state index is 11.3. The standard InChI is InChI=1S/C11H18N2O3/c1-3-5-6-7-12-11(16)13-9(4-2)8-10(14)15/h1,9H,4-8H2,2H3,(H,14,15)(H2,12,13,16). The molecule has 16 heavy (non-hydrogen) atoms. The number of nitrogens with one attached hydrogen (secondary N) is 2. The second-order valence-corrected chi connectivity index (χ2v) is 3.41. The van der Waals surface area contributed by atoms with E-state index in [0.29, 0.717) is 19.4 Å². The van der Waals surface area contributed by atoms with Crippen LogP contribution in [-0.4, -0.2) is 29.7 Å². The summed E-state index contributed by atoms with van der Waals surface area (Å²) in [5.41, 5.74) is 0. The number of carbonyl (C=O) groups is 2. The first kappa shape index (κ1) is 14.3. The number of urea groups is 1. The molecule has 1 unspecified atom stereocenters. The van der Waals surface area contributed by atoms with Gasteiger partial charge in [-0.2, -0.15) is 0 Å². The van der Waals surface area contributed by atoms with Gasteiger partial charge in [-0.05, 0) is 12.8 Å². The van der Waals surface area contributed by atoms with E-state index in [1.165, 1.54) is 0 Å². The Morgan fingerprint density at radius 1 is 1.50 bits per heavy atom. The predicted molar refractivity (Wildman–Crippen MR) is 60.9 cm³/mol. The largest absolute Gasteiger partial charge is 0.481 e. The molecule has 0 spiro atoms. The van der Waals surface area contributed by atoms with Gasteiger partial charge in [0.25, 0.3) is 0 Å². The van der Waals surface area contributed by atoms with Crippen LogP contribution in [0.3, 0.4) is 0 Å². The highest BCUT2D eigenvalue weighted by atomic mass is 16.4. The van der Waals surface area contributed by atoms with Crippen LogP contribution in [0.1, 0.15) is 32.6 Å². The first-order chi connectivity index (χ1) is 7.60. The number of rotatable bonds is 7. The summed E-state index contributed by atoms with van der Waals surface area (Å²) >= 11 is 0. The van der Waals surface area contributed by atoms with Crippen LogP contribution in [0.2, 0.25) is 0 Å². The second kappa shape index (κ2) is 8.60. The Kier molecular flexibility index (Phi) is 7.68. The highest BCUT2D eigenvalue weighted by Crippen LogP contribution is 1.97. The van der Waals surface area contributed by atoms with Crippen molar-refractivity contribution in [1.82, 2.24) is 10.6 Å². The van der Waals surface area contributed by atoms with E-state index in [9.17, 15) is 9.59 Å². The summed E-state index contributed by atoms with van der Waals surface area (Å²) in [5, 5.41) is 13.8. The molecule has 0 saturated heterocycles. The quantitative estimate of drug-likeness (QED) is 0.447. The topological polar surface area (TPSA) is 78.4 Å². The van der Waals surface area contributed by atoms with E-state index in [1.807, 2.05) is 6.92 Å². The number of hydrogen-bond donors (Lipinski definition) is 3. The van der Waals surface area contributed by atoms with Crippen molar-refractivity contribution >= 4 is 12.0 Å². The van der Waals surface area contributed by atoms with Crippen molar-refractivity contribution < 1.29 is 14.7 Å². The van der Waals surface area contributed by atoms with Crippen LogP contribution >= 0.6 is 0 Å². The lowest BCUT2D eigenvalue weighted by Crippen LogP contribution is -2.43. The fourth-order valence-corrected chi connectivity index (χ4v) is 1.14. The number of terminal acetylenes is 1. The average molecular weight is 226 g/mol. The monoisotopic (exact) mass is 226 g/mol. The van der Waals surface area contributed by atoms with Gasteiger partial charge in [-0.15, -0.1) is 12.3 Å². The number of carboxylic acid groups (broad SMARTS) is 1.